The molecule has 1 fully saturated rings. The monoisotopic (exact) mass is 272 g/mol. The fourth-order valence-electron chi connectivity index (χ4n) is 2.93. The summed E-state index contributed by atoms with van der Waals surface area (Å²) in [5.41, 5.74) is 7.18. The van der Waals surface area contributed by atoms with E-state index in [0.29, 0.717) is 11.5 Å². The van der Waals surface area contributed by atoms with Gasteiger partial charge in [0, 0.05) is 19.3 Å². The molecule has 106 valence electrons. The summed E-state index contributed by atoms with van der Waals surface area (Å²) >= 11 is 0. The minimum atomic E-state index is 0.0948. The number of hydrogen-bond acceptors (Lipinski definition) is 3. The summed E-state index contributed by atoms with van der Waals surface area (Å²) < 4.78 is 1.74. The van der Waals surface area contributed by atoms with Gasteiger partial charge in [0.05, 0.1) is 17.3 Å². The van der Waals surface area contributed by atoms with Gasteiger partial charge in [-0.15, -0.1) is 0 Å². The molecule has 0 aliphatic carbocycles. The van der Waals surface area contributed by atoms with Crippen LogP contribution in [0.2, 0.25) is 0 Å². The zero-order valence-electron chi connectivity index (χ0n) is 11.5. The van der Waals surface area contributed by atoms with Crippen LogP contribution >= 0.6 is 0 Å². The molecule has 3 rings (SSSR count). The molecule has 5 nitrogen and oxygen atoms in total. The summed E-state index contributed by atoms with van der Waals surface area (Å²) in [5, 5.41) is 4.23. The summed E-state index contributed by atoms with van der Waals surface area (Å²) in [5.74, 6) is 0.769. The normalized spacial score (nSPS) is 16.8. The maximum atomic E-state index is 12.6. The van der Waals surface area contributed by atoms with Gasteiger partial charge in [0.2, 0.25) is 0 Å². The first-order valence-corrected chi connectivity index (χ1v) is 7.21. The lowest BCUT2D eigenvalue weighted by Gasteiger charge is -2.31. The lowest BCUT2D eigenvalue weighted by Crippen LogP contribution is -2.38. The lowest BCUT2D eigenvalue weighted by atomic mass is 9.93. The Balaban J connectivity index is 1.74. The summed E-state index contributed by atoms with van der Waals surface area (Å²) in [7, 11) is 0. The Morgan fingerprint density at radius 2 is 2.15 bits per heavy atom. The number of pyridine rings is 1. The highest BCUT2D eigenvalue weighted by atomic mass is 16.2. The molecule has 1 saturated heterocycles. The predicted octanol–water partition coefficient (Wildman–Crippen LogP) is 1.54. The number of aromatic nitrogens is 2. The first-order chi connectivity index (χ1) is 9.79. The van der Waals surface area contributed by atoms with E-state index in [-0.39, 0.29) is 5.91 Å². The van der Waals surface area contributed by atoms with E-state index in [9.17, 15) is 4.79 Å². The fourth-order valence-corrected chi connectivity index (χ4v) is 2.93. The van der Waals surface area contributed by atoms with Gasteiger partial charge in [-0.05, 0) is 43.9 Å². The molecule has 0 atom stereocenters. The van der Waals surface area contributed by atoms with E-state index in [1.807, 2.05) is 29.3 Å². The van der Waals surface area contributed by atoms with Gasteiger partial charge in [0.15, 0.2) is 0 Å². The quantitative estimate of drug-likeness (QED) is 0.921. The van der Waals surface area contributed by atoms with Crippen molar-refractivity contribution in [3.63, 3.8) is 0 Å². The van der Waals surface area contributed by atoms with Crippen LogP contribution in [0.3, 0.4) is 0 Å². The highest BCUT2D eigenvalue weighted by Gasteiger charge is 2.24. The van der Waals surface area contributed by atoms with Crippen LogP contribution in [0, 0.1) is 5.92 Å². The van der Waals surface area contributed by atoms with E-state index in [2.05, 4.69) is 5.10 Å². The molecule has 1 aliphatic heterocycles. The van der Waals surface area contributed by atoms with Gasteiger partial charge in [-0.2, -0.15) is 5.10 Å². The van der Waals surface area contributed by atoms with Crippen molar-refractivity contribution < 1.29 is 4.79 Å². The van der Waals surface area contributed by atoms with Gasteiger partial charge >= 0.3 is 0 Å². The van der Waals surface area contributed by atoms with Crippen molar-refractivity contribution >= 4 is 11.4 Å². The third kappa shape index (κ3) is 2.41. The van der Waals surface area contributed by atoms with Gasteiger partial charge in [-0.3, -0.25) is 4.79 Å². The van der Waals surface area contributed by atoms with Gasteiger partial charge in [-0.1, -0.05) is 6.07 Å². The number of carbonyl (C=O) groups excluding carboxylic acids is 1. The van der Waals surface area contributed by atoms with Gasteiger partial charge in [0.25, 0.3) is 5.91 Å². The molecule has 20 heavy (non-hydrogen) atoms. The Bertz CT molecular complexity index is 599. The second kappa shape index (κ2) is 5.63. The minimum Gasteiger partial charge on any atom is -0.339 e. The van der Waals surface area contributed by atoms with Crippen LogP contribution in [-0.4, -0.2) is 40.1 Å². The first-order valence-electron chi connectivity index (χ1n) is 7.21. The van der Waals surface area contributed by atoms with Crippen molar-refractivity contribution in [3.8, 4) is 0 Å². The molecule has 2 N–H and O–H groups in total. The molecule has 1 aliphatic rings. The smallest absolute Gasteiger partial charge is 0.257 e. The number of rotatable bonds is 3. The van der Waals surface area contributed by atoms with Gasteiger partial charge < -0.3 is 10.6 Å². The van der Waals surface area contributed by atoms with E-state index in [0.717, 1.165) is 44.4 Å². The van der Waals surface area contributed by atoms with Crippen molar-refractivity contribution in [2.75, 3.05) is 19.6 Å². The molecular weight excluding hydrogens is 252 g/mol. The summed E-state index contributed by atoms with van der Waals surface area (Å²) in [6.07, 6.45) is 6.71. The highest BCUT2D eigenvalue weighted by molar-refractivity contribution is 6.00. The number of fused-ring (bicyclic) bond motifs is 1. The van der Waals surface area contributed by atoms with Crippen molar-refractivity contribution in [2.24, 2.45) is 11.7 Å². The highest BCUT2D eigenvalue weighted by Crippen LogP contribution is 2.22. The number of piperidine rings is 1. The van der Waals surface area contributed by atoms with E-state index < -0.39 is 0 Å². The van der Waals surface area contributed by atoms with Crippen molar-refractivity contribution in [1.29, 1.82) is 0 Å². The molecule has 1 amide bonds. The predicted molar refractivity (Wildman–Crippen MR) is 77.5 cm³/mol. The van der Waals surface area contributed by atoms with Crippen LogP contribution in [0.25, 0.3) is 5.52 Å². The van der Waals surface area contributed by atoms with Crippen molar-refractivity contribution in [3.05, 3.63) is 36.2 Å². The largest absolute Gasteiger partial charge is 0.339 e. The zero-order valence-corrected chi connectivity index (χ0v) is 11.5. The Hall–Kier alpha value is -1.88. The maximum Gasteiger partial charge on any atom is 0.257 e. The molecule has 0 saturated carbocycles. The molecule has 5 heteroatoms. The Labute approximate surface area is 118 Å². The molecule has 0 aromatic carbocycles. The molecule has 0 unspecified atom stereocenters. The number of carbonyl (C=O) groups is 1. The van der Waals surface area contributed by atoms with E-state index in [1.54, 1.807) is 10.7 Å². The van der Waals surface area contributed by atoms with Gasteiger partial charge in [0.1, 0.15) is 0 Å². The van der Waals surface area contributed by atoms with E-state index >= 15 is 0 Å². The van der Waals surface area contributed by atoms with E-state index in [1.165, 1.54) is 0 Å². The topological polar surface area (TPSA) is 63.6 Å². The third-order valence-electron chi connectivity index (χ3n) is 4.13. The van der Waals surface area contributed by atoms with Crippen LogP contribution < -0.4 is 5.73 Å². The minimum absolute atomic E-state index is 0.0948. The summed E-state index contributed by atoms with van der Waals surface area (Å²) in [4.78, 5) is 14.5. The number of nitrogens with two attached hydrogens (primary N) is 1. The molecule has 2 aromatic rings. The summed E-state index contributed by atoms with van der Waals surface area (Å²) in [6.45, 7) is 2.40. The standard InChI is InChI=1S/C15H20N4O/c16-7-4-12-5-9-18(10-6-12)15(20)13-11-17-19-8-2-1-3-14(13)19/h1-3,8,11-12H,4-7,9-10,16H2. The number of nitrogens with zero attached hydrogens (tertiary/aromatic N) is 3. The van der Waals surface area contributed by atoms with Crippen LogP contribution in [0.5, 0.6) is 0 Å². The van der Waals surface area contributed by atoms with Gasteiger partial charge in [-0.25, -0.2) is 4.52 Å². The first kappa shape index (κ1) is 13.1. The SMILES string of the molecule is NCCC1CCN(C(=O)c2cnn3ccccc23)CC1. The number of amides is 1. The maximum absolute atomic E-state index is 12.6. The van der Waals surface area contributed by atoms with Crippen molar-refractivity contribution in [2.45, 2.75) is 19.3 Å². The number of hydrogen-bond donors (Lipinski definition) is 1. The molecule has 0 bridgehead atoms. The molecule has 2 aromatic heterocycles. The molecule has 3 heterocycles. The fraction of sp³-hybridized carbons (Fsp3) is 0.467. The second-order valence-corrected chi connectivity index (χ2v) is 5.40. The van der Waals surface area contributed by atoms with Crippen LogP contribution in [0.4, 0.5) is 0 Å². The van der Waals surface area contributed by atoms with Crippen LogP contribution in [0.1, 0.15) is 29.6 Å². The molecule has 0 spiro atoms. The Kier molecular flexibility index (Phi) is 3.69. The average molecular weight is 272 g/mol. The Morgan fingerprint density at radius 3 is 2.90 bits per heavy atom. The summed E-state index contributed by atoms with van der Waals surface area (Å²) in [6, 6.07) is 5.77. The van der Waals surface area contributed by atoms with Crippen molar-refractivity contribution in [1.82, 2.24) is 14.5 Å². The zero-order chi connectivity index (χ0) is 13.9. The molecular formula is C15H20N4O. The third-order valence-corrected chi connectivity index (χ3v) is 4.13. The Morgan fingerprint density at radius 1 is 1.35 bits per heavy atom. The van der Waals surface area contributed by atoms with Crippen LogP contribution in [0.15, 0.2) is 30.6 Å². The van der Waals surface area contributed by atoms with E-state index in [4.69, 9.17) is 5.73 Å². The number of likely N-dealkylation sites (tertiary alicyclic amines) is 1. The lowest BCUT2D eigenvalue weighted by molar-refractivity contribution is 0.0690. The second-order valence-electron chi connectivity index (χ2n) is 5.40. The van der Waals surface area contributed by atoms with Crippen LogP contribution in [-0.2, 0) is 0 Å². The average Bonchev–Trinajstić information content (AvgIpc) is 2.92. The molecule has 0 radical (unpaired) electrons.